The van der Waals surface area contributed by atoms with E-state index < -0.39 is 17.0 Å². The molecule has 15 heteroatoms. The number of amides is 1. The molecule has 45 heavy (non-hydrogen) atoms. The van der Waals surface area contributed by atoms with Gasteiger partial charge in [0.25, 0.3) is 5.91 Å². The van der Waals surface area contributed by atoms with Crippen molar-refractivity contribution in [3.63, 3.8) is 0 Å². The molecule has 2 aromatic heterocycles. The quantitative estimate of drug-likeness (QED) is 0.255. The van der Waals surface area contributed by atoms with E-state index in [4.69, 9.17) is 34.0 Å². The molecule has 6 radical (unpaired) electrons. The van der Waals surface area contributed by atoms with Gasteiger partial charge in [-0.05, 0) is 53.7 Å². The second-order valence-electron chi connectivity index (χ2n) is 10.3. The molecule has 5 rings (SSSR count). The molecule has 1 amide bonds. The van der Waals surface area contributed by atoms with Gasteiger partial charge in [0, 0.05) is 36.7 Å². The molecule has 0 aliphatic carbocycles. The summed E-state index contributed by atoms with van der Waals surface area (Å²) in [7, 11) is 16.7. The first-order valence-corrected chi connectivity index (χ1v) is 13.6. The summed E-state index contributed by atoms with van der Waals surface area (Å²) in [4.78, 5) is 27.9. The molecule has 11 nitrogen and oxygen atoms in total. The van der Waals surface area contributed by atoms with E-state index in [0.717, 1.165) is 6.07 Å². The molecule has 4 N–H and O–H groups in total. The number of halogens is 1. The molecule has 2 aromatic carbocycles. The number of aliphatic hydroxyl groups excluding tert-OH is 1. The highest BCUT2D eigenvalue weighted by molar-refractivity contribution is 6.58. The molecule has 1 saturated heterocycles. The minimum Gasteiger partial charge on any atom is -0.515 e. The average Bonchev–Trinajstić information content (AvgIpc) is 3.41. The van der Waals surface area contributed by atoms with Crippen molar-refractivity contribution < 1.29 is 19.0 Å². The van der Waals surface area contributed by atoms with Crippen molar-refractivity contribution in [1.82, 2.24) is 15.0 Å². The van der Waals surface area contributed by atoms with Crippen LogP contribution in [0.25, 0.3) is 22.5 Å². The van der Waals surface area contributed by atoms with Gasteiger partial charge in [-0.3, -0.25) is 9.78 Å². The van der Waals surface area contributed by atoms with Crippen molar-refractivity contribution in [2.75, 3.05) is 23.4 Å². The fourth-order valence-corrected chi connectivity index (χ4v) is 5.11. The SMILES string of the molecule is [B]C([B])([B])Oc1ccc(C#N)c(F)c1-c1nccc(C(=O)Nc2ccc(-c3cnccc3C#N)cc2N2C[C@@H](N)C[C@H]2CO)n1. The molecule has 0 bridgehead atoms. The van der Waals surface area contributed by atoms with Gasteiger partial charge in [-0.25, -0.2) is 14.4 Å². The fourth-order valence-electron chi connectivity index (χ4n) is 5.11. The number of anilines is 2. The van der Waals surface area contributed by atoms with Gasteiger partial charge in [0.15, 0.2) is 11.6 Å². The Bertz CT molecular complexity index is 1860. The molecule has 3 heterocycles. The first-order chi connectivity index (χ1) is 21.5. The van der Waals surface area contributed by atoms with E-state index >= 15 is 4.39 Å². The predicted molar refractivity (Wildman–Crippen MR) is 166 cm³/mol. The molecule has 0 spiro atoms. The van der Waals surface area contributed by atoms with Crippen LogP contribution < -0.4 is 20.7 Å². The number of nitriles is 2. The van der Waals surface area contributed by atoms with Gasteiger partial charge < -0.3 is 25.8 Å². The smallest absolute Gasteiger partial charge is 0.274 e. The van der Waals surface area contributed by atoms with Crippen LogP contribution in [-0.2, 0) is 0 Å². The van der Waals surface area contributed by atoms with E-state index in [1.165, 1.54) is 24.5 Å². The summed E-state index contributed by atoms with van der Waals surface area (Å²) < 4.78 is 20.6. The maximum Gasteiger partial charge on any atom is 0.274 e. The van der Waals surface area contributed by atoms with Crippen LogP contribution in [0.2, 0.25) is 0 Å². The molecular formula is C30H22B3FN8O3. The summed E-state index contributed by atoms with van der Waals surface area (Å²) in [6.45, 7) is 0.222. The number of hydrogen-bond acceptors (Lipinski definition) is 10. The van der Waals surface area contributed by atoms with Crippen molar-refractivity contribution in [2.45, 2.75) is 23.8 Å². The molecular weight excluding hydrogens is 572 g/mol. The zero-order chi connectivity index (χ0) is 32.3. The highest BCUT2D eigenvalue weighted by Gasteiger charge is 2.32. The van der Waals surface area contributed by atoms with Crippen LogP contribution in [0, 0.1) is 28.5 Å². The summed E-state index contributed by atoms with van der Waals surface area (Å²) in [6.07, 6.45) is 4.84. The number of rotatable bonds is 8. The Morgan fingerprint density at radius 1 is 1.16 bits per heavy atom. The van der Waals surface area contributed by atoms with Gasteiger partial charge in [0.2, 0.25) is 0 Å². The number of nitrogens with one attached hydrogen (secondary N) is 1. The van der Waals surface area contributed by atoms with Gasteiger partial charge in [-0.2, -0.15) is 10.5 Å². The Kier molecular flexibility index (Phi) is 8.86. The van der Waals surface area contributed by atoms with Crippen LogP contribution >= 0.6 is 0 Å². The van der Waals surface area contributed by atoms with E-state index in [1.54, 1.807) is 36.5 Å². The maximum absolute atomic E-state index is 15.4. The fraction of sp³-hybridized carbons (Fsp3) is 0.200. The predicted octanol–water partition coefficient (Wildman–Crippen LogP) is 1.73. The number of carbonyl (C=O) groups excluding carboxylic acids is 1. The molecule has 2 atom stereocenters. The number of ether oxygens (including phenoxy) is 1. The Balaban J connectivity index is 1.55. The third-order valence-electron chi connectivity index (χ3n) is 7.09. The van der Waals surface area contributed by atoms with E-state index in [0.29, 0.717) is 41.0 Å². The molecule has 216 valence electrons. The minimum absolute atomic E-state index is 0.155. The third kappa shape index (κ3) is 6.65. The monoisotopic (exact) mass is 594 g/mol. The molecule has 0 saturated carbocycles. The molecule has 1 fully saturated rings. The molecule has 4 aromatic rings. The lowest BCUT2D eigenvalue weighted by Gasteiger charge is -2.28. The van der Waals surface area contributed by atoms with E-state index in [2.05, 4.69) is 26.3 Å². The molecule has 0 unspecified atom stereocenters. The number of carbonyl (C=O) groups is 1. The molecule has 1 aliphatic heterocycles. The van der Waals surface area contributed by atoms with Crippen molar-refractivity contribution in [3.05, 3.63) is 83.7 Å². The van der Waals surface area contributed by atoms with Crippen molar-refractivity contribution in [1.29, 1.82) is 10.5 Å². The van der Waals surface area contributed by atoms with Gasteiger partial charge in [-0.1, -0.05) is 6.07 Å². The number of aromatic nitrogens is 3. The normalized spacial score (nSPS) is 16.1. The van der Waals surface area contributed by atoms with Gasteiger partial charge >= 0.3 is 0 Å². The molecule has 1 aliphatic rings. The first-order valence-electron chi connectivity index (χ1n) is 13.6. The van der Waals surface area contributed by atoms with E-state index in [9.17, 15) is 20.4 Å². The zero-order valence-electron chi connectivity index (χ0n) is 23.7. The lowest BCUT2D eigenvalue weighted by molar-refractivity contribution is 0.102. The van der Waals surface area contributed by atoms with E-state index in [-0.39, 0.29) is 47.1 Å². The van der Waals surface area contributed by atoms with Crippen LogP contribution in [-0.4, -0.2) is 80.0 Å². The second kappa shape index (κ2) is 12.8. The van der Waals surface area contributed by atoms with Gasteiger partial charge in [0.1, 0.15) is 41.1 Å². The highest BCUT2D eigenvalue weighted by Crippen LogP contribution is 2.37. The van der Waals surface area contributed by atoms with Crippen LogP contribution in [0.1, 0.15) is 28.0 Å². The highest BCUT2D eigenvalue weighted by atomic mass is 19.1. The Morgan fingerprint density at radius 3 is 2.64 bits per heavy atom. The number of hydrogen-bond donors (Lipinski definition) is 3. The largest absolute Gasteiger partial charge is 0.515 e. The maximum atomic E-state index is 15.4. The van der Waals surface area contributed by atoms with Crippen molar-refractivity contribution in [2.24, 2.45) is 5.73 Å². The summed E-state index contributed by atoms with van der Waals surface area (Å²) in [5.41, 5.74) is 7.91. The van der Waals surface area contributed by atoms with Crippen LogP contribution in [0.5, 0.6) is 5.75 Å². The second-order valence-corrected chi connectivity index (χ2v) is 10.3. The Labute approximate surface area is 262 Å². The Hall–Kier alpha value is -5.24. The summed E-state index contributed by atoms with van der Waals surface area (Å²) >= 11 is 0. The van der Waals surface area contributed by atoms with E-state index in [1.807, 2.05) is 4.90 Å². The standard InChI is InChI=1S/C30H22B3FN8O3/c31-30(32,33)45-25-4-2-18(12-36)27(34)26(25)28-39-8-6-23(40-28)29(44)41-22-3-1-16(21-13-38-7-5-17(21)11-35)9-24(22)42-14-19(37)10-20(42)15-43/h1-9,13,19-20,43H,10,14-15,37H2,(H,41,44)/t19-,20-/m0/s1. The first kappa shape index (κ1) is 31.2. The third-order valence-corrected chi connectivity index (χ3v) is 7.09. The lowest BCUT2D eigenvalue weighted by Crippen LogP contribution is -2.37. The number of nitrogens with two attached hydrogens (primary N) is 1. The topological polar surface area (TPSA) is 174 Å². The summed E-state index contributed by atoms with van der Waals surface area (Å²) in [5, 5.41) is 29.7. The van der Waals surface area contributed by atoms with Crippen molar-refractivity contribution in [3.8, 4) is 40.4 Å². The van der Waals surface area contributed by atoms with Gasteiger partial charge in [-0.15, -0.1) is 0 Å². The number of pyridine rings is 1. The lowest BCUT2D eigenvalue weighted by atomic mass is 9.52. The number of benzene rings is 2. The van der Waals surface area contributed by atoms with Crippen LogP contribution in [0.15, 0.2) is 61.1 Å². The zero-order valence-corrected chi connectivity index (χ0v) is 23.7. The average molecular weight is 594 g/mol. The minimum atomic E-state index is -2.19. The number of nitrogens with zero attached hydrogens (tertiary/aromatic N) is 6. The summed E-state index contributed by atoms with van der Waals surface area (Å²) in [5.74, 6) is -2.25. The number of aliphatic hydroxyl groups is 1. The summed E-state index contributed by atoms with van der Waals surface area (Å²) in [6, 6.07) is 13.8. The van der Waals surface area contributed by atoms with Crippen molar-refractivity contribution >= 4 is 40.8 Å². The Morgan fingerprint density at radius 2 is 1.93 bits per heavy atom. The van der Waals surface area contributed by atoms with Crippen LogP contribution in [0.4, 0.5) is 15.8 Å². The van der Waals surface area contributed by atoms with Crippen LogP contribution in [0.3, 0.4) is 0 Å². The van der Waals surface area contributed by atoms with Gasteiger partial charge in [0.05, 0.1) is 46.8 Å².